The third kappa shape index (κ3) is 4.20. The van der Waals surface area contributed by atoms with Gasteiger partial charge in [0.15, 0.2) is 0 Å². The molecule has 2 atom stereocenters. The zero-order chi connectivity index (χ0) is 15.2. The fourth-order valence-corrected chi connectivity index (χ4v) is 2.01. The van der Waals surface area contributed by atoms with Crippen molar-refractivity contribution in [3.8, 4) is 5.88 Å². The van der Waals surface area contributed by atoms with Gasteiger partial charge in [0, 0.05) is 6.07 Å². The summed E-state index contributed by atoms with van der Waals surface area (Å²) in [6, 6.07) is 2.67. The van der Waals surface area contributed by atoms with Crippen molar-refractivity contribution >= 4 is 17.7 Å². The molecular weight excluding hydrogens is 274 g/mol. The van der Waals surface area contributed by atoms with E-state index in [-0.39, 0.29) is 6.04 Å². The van der Waals surface area contributed by atoms with Crippen molar-refractivity contribution in [2.75, 3.05) is 11.9 Å². The largest absolute Gasteiger partial charge is 0.481 e. The number of nitrogens with zero attached hydrogens (tertiary/aromatic N) is 1. The predicted octanol–water partition coefficient (Wildman–Crippen LogP) is 1.63. The quantitative estimate of drug-likeness (QED) is 0.716. The molecule has 1 heterocycles. The first-order chi connectivity index (χ1) is 10.1. The van der Waals surface area contributed by atoms with Crippen molar-refractivity contribution in [2.24, 2.45) is 5.92 Å². The fourth-order valence-electron chi connectivity index (χ4n) is 2.01. The van der Waals surface area contributed by atoms with Crippen molar-refractivity contribution in [2.45, 2.75) is 19.4 Å². The van der Waals surface area contributed by atoms with E-state index in [4.69, 9.17) is 9.84 Å². The lowest BCUT2D eigenvalue weighted by Gasteiger charge is -2.13. The van der Waals surface area contributed by atoms with Crippen molar-refractivity contribution in [1.82, 2.24) is 10.3 Å². The normalized spacial score (nSPS) is 20.0. The van der Waals surface area contributed by atoms with Gasteiger partial charge in [0.05, 0.1) is 30.5 Å². The van der Waals surface area contributed by atoms with Gasteiger partial charge in [-0.1, -0.05) is 12.2 Å². The number of hydrogen-bond donors (Lipinski definition) is 3. The highest BCUT2D eigenvalue weighted by Gasteiger charge is 2.25. The van der Waals surface area contributed by atoms with Crippen molar-refractivity contribution in [3.05, 3.63) is 30.5 Å². The first-order valence-corrected chi connectivity index (χ1v) is 6.66. The molecule has 0 fully saturated rings. The monoisotopic (exact) mass is 291 g/mol. The molecule has 0 radical (unpaired) electrons. The van der Waals surface area contributed by atoms with Gasteiger partial charge < -0.3 is 20.5 Å². The number of anilines is 1. The van der Waals surface area contributed by atoms with E-state index < -0.39 is 17.9 Å². The van der Waals surface area contributed by atoms with Gasteiger partial charge in [0.2, 0.25) is 5.88 Å². The van der Waals surface area contributed by atoms with Gasteiger partial charge in [0.25, 0.3) is 0 Å². The molecule has 112 valence electrons. The number of urea groups is 1. The van der Waals surface area contributed by atoms with E-state index >= 15 is 0 Å². The minimum absolute atomic E-state index is 0.276. The molecule has 0 saturated carbocycles. The number of carbonyl (C=O) groups is 2. The summed E-state index contributed by atoms with van der Waals surface area (Å²) in [6.07, 6.45) is 5.14. The Morgan fingerprint density at radius 2 is 2.24 bits per heavy atom. The molecule has 0 aliphatic heterocycles. The van der Waals surface area contributed by atoms with Gasteiger partial charge in [-0.15, -0.1) is 0 Å². The maximum Gasteiger partial charge on any atom is 0.319 e. The molecular formula is C14H17N3O4. The zero-order valence-electron chi connectivity index (χ0n) is 11.6. The summed E-state index contributed by atoms with van der Waals surface area (Å²) in [5.41, 5.74) is 0.535. The standard InChI is InChI=1S/C14H17N3O4/c1-2-21-12-6-5-11(8-15-12)17-14(20)16-10-4-3-9(7-10)13(18)19/h3-6,8-10H,2,7H2,1H3,(H,18,19)(H2,16,17,20). The van der Waals surface area contributed by atoms with Crippen LogP contribution in [0.5, 0.6) is 5.88 Å². The molecule has 21 heavy (non-hydrogen) atoms. The molecule has 2 amide bonds. The Morgan fingerprint density at radius 1 is 1.43 bits per heavy atom. The van der Waals surface area contributed by atoms with E-state index in [1.165, 1.54) is 6.20 Å². The molecule has 1 aliphatic rings. The molecule has 2 rings (SSSR count). The average molecular weight is 291 g/mol. The van der Waals surface area contributed by atoms with Crippen LogP contribution in [0.3, 0.4) is 0 Å². The number of rotatable bonds is 5. The van der Waals surface area contributed by atoms with Crippen LogP contribution in [-0.2, 0) is 4.79 Å². The summed E-state index contributed by atoms with van der Waals surface area (Å²) >= 11 is 0. The van der Waals surface area contributed by atoms with Gasteiger partial charge in [-0.2, -0.15) is 0 Å². The average Bonchev–Trinajstić information content (AvgIpc) is 2.90. The van der Waals surface area contributed by atoms with E-state index in [1.54, 1.807) is 24.3 Å². The Balaban J connectivity index is 1.82. The molecule has 0 saturated heterocycles. The molecule has 0 aromatic carbocycles. The summed E-state index contributed by atoms with van der Waals surface area (Å²) in [6.45, 7) is 2.39. The van der Waals surface area contributed by atoms with Crippen LogP contribution in [0.15, 0.2) is 30.5 Å². The van der Waals surface area contributed by atoms with Crippen molar-refractivity contribution in [1.29, 1.82) is 0 Å². The first-order valence-electron chi connectivity index (χ1n) is 6.66. The molecule has 7 nitrogen and oxygen atoms in total. The topological polar surface area (TPSA) is 101 Å². The number of amides is 2. The van der Waals surface area contributed by atoms with E-state index in [0.29, 0.717) is 24.6 Å². The second-order valence-corrected chi connectivity index (χ2v) is 4.59. The summed E-state index contributed by atoms with van der Waals surface area (Å²) in [7, 11) is 0. The lowest BCUT2D eigenvalue weighted by molar-refractivity contribution is -0.140. The molecule has 1 aromatic heterocycles. The summed E-state index contributed by atoms with van der Waals surface area (Å²) in [4.78, 5) is 26.6. The van der Waals surface area contributed by atoms with Crippen molar-refractivity contribution in [3.63, 3.8) is 0 Å². The van der Waals surface area contributed by atoms with Crippen LogP contribution in [0.4, 0.5) is 10.5 Å². The van der Waals surface area contributed by atoms with Gasteiger partial charge in [-0.25, -0.2) is 9.78 Å². The van der Waals surface area contributed by atoms with Gasteiger partial charge in [0.1, 0.15) is 0 Å². The third-order valence-corrected chi connectivity index (χ3v) is 3.00. The van der Waals surface area contributed by atoms with Crippen molar-refractivity contribution < 1.29 is 19.4 Å². The van der Waals surface area contributed by atoms with Crippen LogP contribution in [0, 0.1) is 5.92 Å². The SMILES string of the molecule is CCOc1ccc(NC(=O)NC2C=CC(C(=O)O)C2)cn1. The Morgan fingerprint density at radius 3 is 2.81 bits per heavy atom. The van der Waals surface area contributed by atoms with Crippen LogP contribution >= 0.6 is 0 Å². The molecule has 0 spiro atoms. The summed E-state index contributed by atoms with van der Waals surface area (Å²) < 4.78 is 5.20. The van der Waals surface area contributed by atoms with Gasteiger partial charge >= 0.3 is 12.0 Å². The number of ether oxygens (including phenoxy) is 1. The predicted molar refractivity (Wildman–Crippen MR) is 76.2 cm³/mol. The minimum Gasteiger partial charge on any atom is -0.481 e. The fraction of sp³-hybridized carbons (Fsp3) is 0.357. The molecule has 0 bridgehead atoms. The number of carbonyl (C=O) groups excluding carboxylic acids is 1. The van der Waals surface area contributed by atoms with Gasteiger partial charge in [-0.3, -0.25) is 4.79 Å². The number of pyridine rings is 1. The lowest BCUT2D eigenvalue weighted by atomic mass is 10.1. The lowest BCUT2D eigenvalue weighted by Crippen LogP contribution is -2.36. The zero-order valence-corrected chi connectivity index (χ0v) is 11.6. The van der Waals surface area contributed by atoms with Crippen LogP contribution in [0.1, 0.15) is 13.3 Å². The van der Waals surface area contributed by atoms with Crippen LogP contribution in [0.2, 0.25) is 0 Å². The van der Waals surface area contributed by atoms with E-state index in [9.17, 15) is 9.59 Å². The molecule has 1 aromatic rings. The maximum absolute atomic E-state index is 11.8. The Labute approximate surface area is 122 Å². The third-order valence-electron chi connectivity index (χ3n) is 3.00. The van der Waals surface area contributed by atoms with E-state index in [2.05, 4.69) is 15.6 Å². The number of carboxylic acids is 1. The number of nitrogens with one attached hydrogen (secondary N) is 2. The number of hydrogen-bond acceptors (Lipinski definition) is 4. The summed E-state index contributed by atoms with van der Waals surface area (Å²) in [5, 5.41) is 14.2. The Bertz CT molecular complexity index is 542. The maximum atomic E-state index is 11.8. The first kappa shape index (κ1) is 14.8. The molecule has 2 unspecified atom stereocenters. The van der Waals surface area contributed by atoms with Crippen LogP contribution < -0.4 is 15.4 Å². The highest BCUT2D eigenvalue weighted by atomic mass is 16.5. The minimum atomic E-state index is -0.883. The van der Waals surface area contributed by atoms with Crippen LogP contribution in [0.25, 0.3) is 0 Å². The second kappa shape index (κ2) is 6.74. The Hall–Kier alpha value is -2.57. The Kier molecular flexibility index (Phi) is 4.76. The second-order valence-electron chi connectivity index (χ2n) is 4.59. The summed E-state index contributed by atoms with van der Waals surface area (Å²) in [5.74, 6) is -0.930. The number of carboxylic acid groups (broad SMARTS) is 1. The number of aromatic nitrogens is 1. The smallest absolute Gasteiger partial charge is 0.319 e. The van der Waals surface area contributed by atoms with E-state index in [1.807, 2.05) is 6.92 Å². The number of aliphatic carboxylic acids is 1. The molecule has 1 aliphatic carbocycles. The highest BCUT2D eigenvalue weighted by molar-refractivity contribution is 5.89. The molecule has 7 heteroatoms. The molecule has 3 N–H and O–H groups in total. The van der Waals surface area contributed by atoms with E-state index in [0.717, 1.165) is 0 Å². The van der Waals surface area contributed by atoms with Gasteiger partial charge in [-0.05, 0) is 19.4 Å². The van der Waals surface area contributed by atoms with Crippen LogP contribution in [-0.4, -0.2) is 34.7 Å². The highest BCUT2D eigenvalue weighted by Crippen LogP contribution is 2.18.